The van der Waals surface area contributed by atoms with Gasteiger partial charge in [0.15, 0.2) is 0 Å². The monoisotopic (exact) mass is 554 g/mol. The van der Waals surface area contributed by atoms with Crippen LogP contribution in [0.1, 0.15) is 57.2 Å². The minimum absolute atomic E-state index is 0.0109. The fourth-order valence-corrected chi connectivity index (χ4v) is 6.42. The van der Waals surface area contributed by atoms with E-state index in [1.165, 1.54) is 0 Å². The molecule has 9 heteroatoms. The highest BCUT2D eigenvalue weighted by atomic mass is 16.2. The van der Waals surface area contributed by atoms with Crippen LogP contribution in [-0.4, -0.2) is 61.0 Å². The third kappa shape index (κ3) is 5.58. The maximum absolute atomic E-state index is 13.9. The smallest absolute Gasteiger partial charge is 0.326 e. The summed E-state index contributed by atoms with van der Waals surface area (Å²) < 4.78 is 1.77. The zero-order chi connectivity index (χ0) is 28.7. The molecule has 2 aromatic carbocycles. The van der Waals surface area contributed by atoms with Gasteiger partial charge in [0.25, 0.3) is 0 Å². The number of carbonyl (C=O) groups excluding carboxylic acids is 2. The molecule has 0 aliphatic carbocycles. The Morgan fingerprint density at radius 1 is 1.05 bits per heavy atom. The summed E-state index contributed by atoms with van der Waals surface area (Å²) in [4.78, 5) is 46.9. The maximum atomic E-state index is 13.9. The molecule has 1 unspecified atom stereocenters. The van der Waals surface area contributed by atoms with Crippen molar-refractivity contribution < 1.29 is 9.59 Å². The summed E-state index contributed by atoms with van der Waals surface area (Å²) in [5.41, 5.74) is 4.77. The summed E-state index contributed by atoms with van der Waals surface area (Å²) in [6.45, 7) is 8.68. The van der Waals surface area contributed by atoms with Crippen molar-refractivity contribution in [2.75, 3.05) is 19.6 Å². The molecule has 2 aromatic heterocycles. The molecule has 6 rings (SSSR count). The van der Waals surface area contributed by atoms with E-state index in [1.54, 1.807) is 4.57 Å². The van der Waals surface area contributed by atoms with Gasteiger partial charge in [0, 0.05) is 50.2 Å². The van der Waals surface area contributed by atoms with E-state index < -0.39 is 5.92 Å². The van der Waals surface area contributed by atoms with Crippen LogP contribution in [0.25, 0.3) is 22.2 Å². The van der Waals surface area contributed by atoms with Gasteiger partial charge >= 0.3 is 5.69 Å². The van der Waals surface area contributed by atoms with E-state index >= 15 is 0 Å². The van der Waals surface area contributed by atoms with Crippen LogP contribution in [0.4, 0.5) is 0 Å². The molecule has 214 valence electrons. The van der Waals surface area contributed by atoms with Crippen molar-refractivity contribution in [3.8, 4) is 11.3 Å². The first-order valence-corrected chi connectivity index (χ1v) is 14.5. The molecule has 9 nitrogen and oxygen atoms in total. The fraction of sp³-hybridized carbons (Fsp3) is 0.438. The van der Waals surface area contributed by atoms with Crippen LogP contribution in [-0.2, 0) is 22.6 Å². The second-order valence-corrected chi connectivity index (χ2v) is 12.8. The Kier molecular flexibility index (Phi) is 7.05. The highest BCUT2D eigenvalue weighted by molar-refractivity contribution is 5.89. The number of amides is 2. The number of imidazole rings is 1. The minimum atomic E-state index is -0.408. The molecule has 1 atom stereocenters. The first kappa shape index (κ1) is 27.1. The first-order valence-electron chi connectivity index (χ1n) is 14.5. The van der Waals surface area contributed by atoms with Crippen molar-refractivity contribution >= 4 is 22.7 Å². The van der Waals surface area contributed by atoms with Gasteiger partial charge in [-0.1, -0.05) is 57.2 Å². The van der Waals surface area contributed by atoms with Gasteiger partial charge in [-0.05, 0) is 47.4 Å². The number of carbonyl (C=O) groups is 2. The minimum Gasteiger partial charge on any atom is -0.343 e. The Balaban J connectivity index is 1.16. The van der Waals surface area contributed by atoms with Gasteiger partial charge in [0.05, 0.1) is 23.3 Å². The number of rotatable bonds is 5. The molecule has 0 saturated carbocycles. The van der Waals surface area contributed by atoms with Crippen LogP contribution in [0, 0.1) is 11.3 Å². The Morgan fingerprint density at radius 3 is 2.54 bits per heavy atom. The molecule has 0 bridgehead atoms. The molecular weight excluding hydrogens is 516 g/mol. The van der Waals surface area contributed by atoms with Crippen LogP contribution in [0.2, 0.25) is 0 Å². The highest BCUT2D eigenvalue weighted by Gasteiger charge is 2.35. The molecule has 4 aromatic rings. The lowest BCUT2D eigenvalue weighted by molar-refractivity contribution is -0.142. The van der Waals surface area contributed by atoms with E-state index in [9.17, 15) is 14.4 Å². The van der Waals surface area contributed by atoms with Crippen molar-refractivity contribution in [2.45, 2.75) is 59.0 Å². The summed E-state index contributed by atoms with van der Waals surface area (Å²) in [6.07, 6.45) is 5.86. The third-order valence-electron chi connectivity index (χ3n) is 8.43. The number of benzene rings is 2. The van der Waals surface area contributed by atoms with Gasteiger partial charge in [-0.3, -0.25) is 19.3 Å². The molecule has 2 amide bonds. The van der Waals surface area contributed by atoms with Gasteiger partial charge in [-0.2, -0.15) is 5.10 Å². The molecule has 2 aliphatic heterocycles. The molecule has 4 heterocycles. The molecule has 2 N–H and O–H groups in total. The standard InChI is InChI=1S/C32H38N6O3/c1-32(2,3)20-37-18-26-22(9-10-27-25(26)17-33-35-27)15-23(30(37)40)16-29(39)36-13-11-24(12-14-36)38-19-28(34-31(38)41)21-7-5-4-6-8-21/h4-10,17,19,23-24H,11-16,18,20H2,1-3H3,(H,33,35)(H,34,41). The number of hydrogen-bond donors (Lipinski definition) is 2. The molecule has 2 aliphatic rings. The highest BCUT2D eigenvalue weighted by Crippen LogP contribution is 2.32. The van der Waals surface area contributed by atoms with Crippen LogP contribution in [0.3, 0.4) is 0 Å². The van der Waals surface area contributed by atoms with Gasteiger partial charge in [0.2, 0.25) is 11.8 Å². The zero-order valence-corrected chi connectivity index (χ0v) is 24.0. The van der Waals surface area contributed by atoms with E-state index in [1.807, 2.05) is 58.6 Å². The Hall–Kier alpha value is -4.14. The van der Waals surface area contributed by atoms with Gasteiger partial charge in [-0.15, -0.1) is 0 Å². The van der Waals surface area contributed by atoms with E-state index in [2.05, 4.69) is 42.0 Å². The number of fused-ring (bicyclic) bond motifs is 3. The van der Waals surface area contributed by atoms with Gasteiger partial charge in [0.1, 0.15) is 0 Å². The van der Waals surface area contributed by atoms with Crippen molar-refractivity contribution in [1.29, 1.82) is 0 Å². The van der Waals surface area contributed by atoms with Crippen molar-refractivity contribution in [2.24, 2.45) is 11.3 Å². The Morgan fingerprint density at radius 2 is 1.80 bits per heavy atom. The Labute approximate surface area is 239 Å². The number of hydrogen-bond acceptors (Lipinski definition) is 4. The first-order chi connectivity index (χ1) is 19.7. The SMILES string of the molecule is CC(C)(C)CN1Cc2c(ccc3[nH]ncc23)CC(CC(=O)N2CCC(n3cc(-c4ccccc4)[nH]c3=O)CC2)C1=O. The number of piperidine rings is 1. The quantitative estimate of drug-likeness (QED) is 0.378. The summed E-state index contributed by atoms with van der Waals surface area (Å²) in [7, 11) is 0. The lowest BCUT2D eigenvalue weighted by Gasteiger charge is -2.34. The normalized spacial score (nSPS) is 18.5. The van der Waals surface area contributed by atoms with Crippen LogP contribution in [0.15, 0.2) is 59.7 Å². The third-order valence-corrected chi connectivity index (χ3v) is 8.43. The average Bonchev–Trinajstić information content (AvgIpc) is 3.57. The van der Waals surface area contributed by atoms with Crippen LogP contribution >= 0.6 is 0 Å². The predicted octanol–water partition coefficient (Wildman–Crippen LogP) is 4.52. The summed E-state index contributed by atoms with van der Waals surface area (Å²) in [5.74, 6) is -0.353. The molecule has 1 saturated heterocycles. The lowest BCUT2D eigenvalue weighted by Crippen LogP contribution is -2.44. The Bertz CT molecular complexity index is 1620. The number of aromatic nitrogens is 4. The summed E-state index contributed by atoms with van der Waals surface area (Å²) >= 11 is 0. The van der Waals surface area contributed by atoms with Crippen LogP contribution < -0.4 is 5.69 Å². The topological polar surface area (TPSA) is 107 Å². The van der Waals surface area contributed by atoms with E-state index in [4.69, 9.17) is 0 Å². The number of aromatic amines is 2. The maximum Gasteiger partial charge on any atom is 0.326 e. The lowest BCUT2D eigenvalue weighted by atomic mass is 9.92. The van der Waals surface area contributed by atoms with Crippen LogP contribution in [0.5, 0.6) is 0 Å². The molecule has 0 spiro atoms. The van der Waals surface area contributed by atoms with Crippen molar-refractivity contribution in [1.82, 2.24) is 29.5 Å². The van der Waals surface area contributed by atoms with E-state index in [0.29, 0.717) is 45.4 Å². The van der Waals surface area contributed by atoms with E-state index in [0.717, 1.165) is 33.3 Å². The summed E-state index contributed by atoms with van der Waals surface area (Å²) in [6, 6.07) is 13.9. The number of likely N-dealkylation sites (tertiary alicyclic amines) is 1. The average molecular weight is 555 g/mol. The second kappa shape index (κ2) is 10.7. The number of nitrogens with zero attached hydrogens (tertiary/aromatic N) is 4. The summed E-state index contributed by atoms with van der Waals surface area (Å²) in [5, 5.41) is 8.31. The zero-order valence-electron chi connectivity index (χ0n) is 24.0. The fourth-order valence-electron chi connectivity index (χ4n) is 6.42. The molecule has 0 radical (unpaired) electrons. The number of H-pyrrole nitrogens is 2. The van der Waals surface area contributed by atoms with E-state index in [-0.39, 0.29) is 35.4 Å². The van der Waals surface area contributed by atoms with Crippen molar-refractivity contribution in [3.05, 3.63) is 76.5 Å². The predicted molar refractivity (Wildman–Crippen MR) is 158 cm³/mol. The molecule has 1 fully saturated rings. The second-order valence-electron chi connectivity index (χ2n) is 12.8. The molecular formula is C32H38N6O3. The molecule has 41 heavy (non-hydrogen) atoms. The van der Waals surface area contributed by atoms with Gasteiger partial charge in [-0.25, -0.2) is 4.79 Å². The van der Waals surface area contributed by atoms with Gasteiger partial charge < -0.3 is 14.8 Å². The number of nitrogens with one attached hydrogen (secondary N) is 2. The van der Waals surface area contributed by atoms with Crippen molar-refractivity contribution in [3.63, 3.8) is 0 Å². The largest absolute Gasteiger partial charge is 0.343 e.